The first-order valence-electron chi connectivity index (χ1n) is 9.59. The summed E-state index contributed by atoms with van der Waals surface area (Å²) in [6, 6.07) is 8.07. The summed E-state index contributed by atoms with van der Waals surface area (Å²) in [5.74, 6) is 1.91. The molecule has 0 aromatic heterocycles. The lowest BCUT2D eigenvalue weighted by molar-refractivity contribution is -0.138. The predicted octanol–water partition coefficient (Wildman–Crippen LogP) is 1.81. The van der Waals surface area contributed by atoms with Gasteiger partial charge >= 0.3 is 0 Å². The second kappa shape index (κ2) is 7.75. The molecule has 1 aromatic rings. The van der Waals surface area contributed by atoms with Crippen molar-refractivity contribution in [2.24, 2.45) is 11.8 Å². The summed E-state index contributed by atoms with van der Waals surface area (Å²) in [7, 11) is 0. The molecule has 3 aliphatic heterocycles. The molecule has 5 nitrogen and oxygen atoms in total. The number of likely N-dealkylation sites (tertiary alicyclic amines) is 1. The standard InChI is InChI=1S/C20H28N2O3/c23-20(18-13-17-3-1-2-4-19(17)25-15-18)22-7-5-16(6-8-22)14-21-9-11-24-12-10-21/h1-4,16,18H,5-15H2/t18-/m0/s1. The molecule has 1 aromatic carbocycles. The Balaban J connectivity index is 1.27. The molecule has 136 valence electrons. The quantitative estimate of drug-likeness (QED) is 0.839. The number of piperidine rings is 1. The highest BCUT2D eigenvalue weighted by molar-refractivity contribution is 5.80. The van der Waals surface area contributed by atoms with Crippen molar-refractivity contribution in [1.82, 2.24) is 9.80 Å². The Hall–Kier alpha value is -1.59. The highest BCUT2D eigenvalue weighted by Gasteiger charge is 2.32. The third-order valence-electron chi connectivity index (χ3n) is 5.77. The molecule has 3 heterocycles. The Morgan fingerprint density at radius 2 is 1.84 bits per heavy atom. The van der Waals surface area contributed by atoms with E-state index in [4.69, 9.17) is 9.47 Å². The Bertz CT molecular complexity index is 592. The summed E-state index contributed by atoms with van der Waals surface area (Å²) >= 11 is 0. The maximum Gasteiger partial charge on any atom is 0.229 e. The van der Waals surface area contributed by atoms with Crippen LogP contribution in [0.1, 0.15) is 18.4 Å². The van der Waals surface area contributed by atoms with Gasteiger partial charge in [-0.25, -0.2) is 0 Å². The van der Waals surface area contributed by atoms with Gasteiger partial charge in [0.2, 0.25) is 5.91 Å². The Morgan fingerprint density at radius 3 is 2.64 bits per heavy atom. The van der Waals surface area contributed by atoms with Crippen LogP contribution in [-0.2, 0) is 16.0 Å². The van der Waals surface area contributed by atoms with Gasteiger partial charge in [-0.05, 0) is 36.8 Å². The molecule has 0 aliphatic carbocycles. The van der Waals surface area contributed by atoms with E-state index in [0.29, 0.717) is 12.5 Å². The lowest BCUT2D eigenvalue weighted by Gasteiger charge is -2.37. The van der Waals surface area contributed by atoms with Crippen LogP contribution in [0.15, 0.2) is 24.3 Å². The molecule has 3 aliphatic rings. The fourth-order valence-electron chi connectivity index (χ4n) is 4.23. The van der Waals surface area contributed by atoms with Gasteiger partial charge in [-0.15, -0.1) is 0 Å². The van der Waals surface area contributed by atoms with Crippen LogP contribution < -0.4 is 4.74 Å². The van der Waals surface area contributed by atoms with Crippen molar-refractivity contribution in [2.75, 3.05) is 52.5 Å². The van der Waals surface area contributed by atoms with E-state index >= 15 is 0 Å². The number of fused-ring (bicyclic) bond motifs is 1. The number of morpholine rings is 1. The molecule has 2 fully saturated rings. The van der Waals surface area contributed by atoms with Gasteiger partial charge in [-0.1, -0.05) is 18.2 Å². The molecule has 0 radical (unpaired) electrons. The maximum atomic E-state index is 12.9. The number of hydrogen-bond donors (Lipinski definition) is 0. The summed E-state index contributed by atoms with van der Waals surface area (Å²) in [6.07, 6.45) is 3.04. The summed E-state index contributed by atoms with van der Waals surface area (Å²) in [6.45, 7) is 7.30. The number of rotatable bonds is 3. The molecule has 0 bridgehead atoms. The number of hydrogen-bond acceptors (Lipinski definition) is 4. The Morgan fingerprint density at radius 1 is 1.08 bits per heavy atom. The summed E-state index contributed by atoms with van der Waals surface area (Å²) < 4.78 is 11.2. The van der Waals surface area contributed by atoms with Crippen LogP contribution in [0, 0.1) is 11.8 Å². The minimum absolute atomic E-state index is 0.0225. The molecule has 25 heavy (non-hydrogen) atoms. The van der Waals surface area contributed by atoms with Crippen molar-refractivity contribution in [3.05, 3.63) is 29.8 Å². The van der Waals surface area contributed by atoms with Crippen LogP contribution in [0.2, 0.25) is 0 Å². The van der Waals surface area contributed by atoms with Crippen molar-refractivity contribution in [2.45, 2.75) is 19.3 Å². The first kappa shape index (κ1) is 16.9. The van der Waals surface area contributed by atoms with Crippen LogP contribution in [-0.4, -0.2) is 68.3 Å². The fourth-order valence-corrected chi connectivity index (χ4v) is 4.23. The van der Waals surface area contributed by atoms with Gasteiger partial charge in [0.05, 0.1) is 19.1 Å². The smallest absolute Gasteiger partial charge is 0.229 e. The number of nitrogens with zero attached hydrogens (tertiary/aromatic N) is 2. The van der Waals surface area contributed by atoms with Crippen LogP contribution in [0.4, 0.5) is 0 Å². The van der Waals surface area contributed by atoms with Crippen molar-refractivity contribution in [3.8, 4) is 5.75 Å². The number of para-hydroxylation sites is 1. The van der Waals surface area contributed by atoms with E-state index in [1.165, 1.54) is 0 Å². The Kier molecular flexibility index (Phi) is 5.22. The monoisotopic (exact) mass is 344 g/mol. The molecule has 0 saturated carbocycles. The van der Waals surface area contributed by atoms with E-state index in [0.717, 1.165) is 76.5 Å². The molecule has 2 saturated heterocycles. The van der Waals surface area contributed by atoms with Gasteiger partial charge in [0.1, 0.15) is 12.4 Å². The van der Waals surface area contributed by atoms with Crippen molar-refractivity contribution in [3.63, 3.8) is 0 Å². The molecule has 5 heteroatoms. The molecular weight excluding hydrogens is 316 g/mol. The first-order chi connectivity index (χ1) is 12.3. The largest absolute Gasteiger partial charge is 0.492 e. The summed E-state index contributed by atoms with van der Waals surface area (Å²) in [5.41, 5.74) is 1.16. The number of amides is 1. The minimum Gasteiger partial charge on any atom is -0.492 e. The lowest BCUT2D eigenvalue weighted by Crippen LogP contribution is -2.47. The zero-order chi connectivity index (χ0) is 17.1. The zero-order valence-corrected chi connectivity index (χ0v) is 14.9. The fraction of sp³-hybridized carbons (Fsp3) is 0.650. The van der Waals surface area contributed by atoms with Gasteiger partial charge < -0.3 is 14.4 Å². The van der Waals surface area contributed by atoms with Crippen LogP contribution in [0.5, 0.6) is 5.75 Å². The average Bonchev–Trinajstić information content (AvgIpc) is 2.68. The number of ether oxygens (including phenoxy) is 2. The molecular formula is C20H28N2O3. The van der Waals surface area contributed by atoms with Gasteiger partial charge in [0.15, 0.2) is 0 Å². The summed E-state index contributed by atoms with van der Waals surface area (Å²) in [5, 5.41) is 0. The highest BCUT2D eigenvalue weighted by atomic mass is 16.5. The SMILES string of the molecule is O=C([C@@H]1COc2ccccc2C1)N1CCC(CN2CCOCC2)CC1. The number of benzene rings is 1. The number of carbonyl (C=O) groups excluding carboxylic acids is 1. The zero-order valence-electron chi connectivity index (χ0n) is 14.9. The third-order valence-corrected chi connectivity index (χ3v) is 5.77. The van der Waals surface area contributed by atoms with Crippen LogP contribution in [0.3, 0.4) is 0 Å². The summed E-state index contributed by atoms with van der Waals surface area (Å²) in [4.78, 5) is 17.5. The predicted molar refractivity (Wildman–Crippen MR) is 95.7 cm³/mol. The van der Waals surface area contributed by atoms with E-state index < -0.39 is 0 Å². The average molecular weight is 344 g/mol. The molecule has 4 rings (SSSR count). The van der Waals surface area contributed by atoms with E-state index in [2.05, 4.69) is 15.9 Å². The van der Waals surface area contributed by atoms with E-state index in [1.54, 1.807) is 0 Å². The van der Waals surface area contributed by atoms with Gasteiger partial charge in [0.25, 0.3) is 0 Å². The van der Waals surface area contributed by atoms with Gasteiger partial charge in [-0.3, -0.25) is 9.69 Å². The maximum absolute atomic E-state index is 12.9. The van der Waals surface area contributed by atoms with Crippen molar-refractivity contribution < 1.29 is 14.3 Å². The van der Waals surface area contributed by atoms with E-state index in [-0.39, 0.29) is 11.8 Å². The van der Waals surface area contributed by atoms with Gasteiger partial charge in [-0.2, -0.15) is 0 Å². The molecule has 1 amide bonds. The van der Waals surface area contributed by atoms with Gasteiger partial charge in [0, 0.05) is 32.7 Å². The highest BCUT2D eigenvalue weighted by Crippen LogP contribution is 2.29. The second-order valence-electron chi connectivity index (χ2n) is 7.50. The second-order valence-corrected chi connectivity index (χ2v) is 7.50. The van der Waals surface area contributed by atoms with E-state index in [9.17, 15) is 4.79 Å². The van der Waals surface area contributed by atoms with Crippen molar-refractivity contribution in [1.29, 1.82) is 0 Å². The minimum atomic E-state index is -0.0225. The lowest BCUT2D eigenvalue weighted by atomic mass is 9.92. The molecule has 1 atom stereocenters. The molecule has 0 spiro atoms. The van der Waals surface area contributed by atoms with E-state index in [1.807, 2.05) is 18.2 Å². The van der Waals surface area contributed by atoms with Crippen LogP contribution >= 0.6 is 0 Å². The third kappa shape index (κ3) is 3.98. The molecule has 0 N–H and O–H groups in total. The molecule has 0 unspecified atom stereocenters. The first-order valence-corrected chi connectivity index (χ1v) is 9.59. The topological polar surface area (TPSA) is 42.0 Å². The van der Waals surface area contributed by atoms with Crippen LogP contribution in [0.25, 0.3) is 0 Å². The number of carbonyl (C=O) groups is 1. The van der Waals surface area contributed by atoms with Crippen molar-refractivity contribution >= 4 is 5.91 Å². The normalized spacial score (nSPS) is 25.3. The Labute approximate surface area is 149 Å².